The Bertz CT molecular complexity index is 852. The topological polar surface area (TPSA) is 88.5 Å². The molecule has 0 fully saturated rings. The third kappa shape index (κ3) is 2.60. The first-order valence-electron chi connectivity index (χ1n) is 5.53. The molecule has 0 atom stereocenters. The van der Waals surface area contributed by atoms with Gasteiger partial charge in [0, 0.05) is 6.07 Å². The van der Waals surface area contributed by atoms with Crippen LogP contribution in [0.3, 0.4) is 0 Å². The average molecular weight is 311 g/mol. The van der Waals surface area contributed by atoms with Crippen LogP contribution in [0.25, 0.3) is 0 Å². The maximum absolute atomic E-state index is 12.5. The van der Waals surface area contributed by atoms with Crippen LogP contribution in [0.4, 0.5) is 0 Å². The van der Waals surface area contributed by atoms with Crippen molar-refractivity contribution in [3.63, 3.8) is 0 Å². The second-order valence-electron chi connectivity index (χ2n) is 4.11. The van der Waals surface area contributed by atoms with E-state index in [1.54, 1.807) is 25.1 Å². The zero-order valence-corrected chi connectivity index (χ0v) is 12.1. The number of hydrogen-bond donors (Lipinski definition) is 1. The number of aryl methyl sites for hydroxylation is 1. The third-order valence-electron chi connectivity index (χ3n) is 2.71. The van der Waals surface area contributed by atoms with E-state index < -0.39 is 29.7 Å². The van der Waals surface area contributed by atoms with Crippen LogP contribution in [0.2, 0.25) is 0 Å². The van der Waals surface area contributed by atoms with Gasteiger partial charge in [0.1, 0.15) is 4.90 Å². The van der Waals surface area contributed by atoms with Gasteiger partial charge in [-0.05, 0) is 24.6 Å². The Morgan fingerprint density at radius 1 is 0.950 bits per heavy atom. The molecule has 105 valence electrons. The van der Waals surface area contributed by atoms with Crippen molar-refractivity contribution in [2.45, 2.75) is 21.6 Å². The van der Waals surface area contributed by atoms with Gasteiger partial charge in [-0.3, -0.25) is 4.55 Å². The Kier molecular flexibility index (Phi) is 3.68. The summed E-state index contributed by atoms with van der Waals surface area (Å²) in [5, 5.41) is 0. The summed E-state index contributed by atoms with van der Waals surface area (Å²) < 4.78 is 56.7. The Balaban J connectivity index is 2.79. The number of sulfone groups is 1. The van der Waals surface area contributed by atoms with Gasteiger partial charge in [0.2, 0.25) is 9.84 Å². The highest BCUT2D eigenvalue weighted by Crippen LogP contribution is 2.28. The molecule has 0 aliphatic heterocycles. The van der Waals surface area contributed by atoms with Crippen LogP contribution < -0.4 is 0 Å². The zero-order valence-electron chi connectivity index (χ0n) is 10.4. The fourth-order valence-electron chi connectivity index (χ4n) is 1.80. The minimum Gasteiger partial charge on any atom is -0.282 e. The van der Waals surface area contributed by atoms with Gasteiger partial charge < -0.3 is 0 Å². The molecule has 0 saturated heterocycles. The monoisotopic (exact) mass is 311 g/mol. The molecule has 0 heterocycles. The van der Waals surface area contributed by atoms with E-state index in [-0.39, 0.29) is 4.90 Å². The SMILES string of the molecule is Cc1ccccc1S(=O)(=O)c1ccc[c]c1S(=O)(=O)O. The second kappa shape index (κ2) is 5.01. The highest BCUT2D eigenvalue weighted by molar-refractivity contribution is 7.93. The van der Waals surface area contributed by atoms with Gasteiger partial charge in [0.05, 0.1) is 9.79 Å². The molecule has 2 aromatic rings. The third-order valence-corrected chi connectivity index (χ3v) is 5.65. The summed E-state index contributed by atoms with van der Waals surface area (Å²) in [5.41, 5.74) is 0.484. The van der Waals surface area contributed by atoms with Gasteiger partial charge in [-0.25, -0.2) is 8.42 Å². The van der Waals surface area contributed by atoms with E-state index in [2.05, 4.69) is 6.07 Å². The molecule has 0 unspecified atom stereocenters. The highest BCUT2D eigenvalue weighted by atomic mass is 32.2. The predicted molar refractivity (Wildman–Crippen MR) is 71.7 cm³/mol. The van der Waals surface area contributed by atoms with Crippen molar-refractivity contribution in [1.29, 1.82) is 0 Å². The van der Waals surface area contributed by atoms with E-state index in [4.69, 9.17) is 4.55 Å². The van der Waals surface area contributed by atoms with Crippen LogP contribution in [-0.4, -0.2) is 21.4 Å². The first kappa shape index (κ1) is 14.7. The van der Waals surface area contributed by atoms with Crippen LogP contribution in [0.15, 0.2) is 57.2 Å². The van der Waals surface area contributed by atoms with Gasteiger partial charge in [-0.1, -0.05) is 30.3 Å². The highest BCUT2D eigenvalue weighted by Gasteiger charge is 2.27. The van der Waals surface area contributed by atoms with Crippen molar-refractivity contribution >= 4 is 20.0 Å². The van der Waals surface area contributed by atoms with Crippen LogP contribution in [-0.2, 0) is 20.0 Å². The second-order valence-corrected chi connectivity index (χ2v) is 7.35. The quantitative estimate of drug-likeness (QED) is 0.874. The predicted octanol–water partition coefficient (Wildman–Crippen LogP) is 1.87. The smallest absolute Gasteiger partial charge is 0.282 e. The van der Waals surface area contributed by atoms with Gasteiger partial charge in [-0.2, -0.15) is 8.42 Å². The summed E-state index contributed by atoms with van der Waals surface area (Å²) >= 11 is 0. The summed E-state index contributed by atoms with van der Waals surface area (Å²) in [6.07, 6.45) is 0. The molecular formula is C13H11O5S2. The molecular weight excluding hydrogens is 300 g/mol. The summed E-state index contributed by atoms with van der Waals surface area (Å²) in [6, 6.07) is 12.2. The molecule has 0 aromatic heterocycles. The Labute approximate surface area is 117 Å². The first-order valence-corrected chi connectivity index (χ1v) is 8.46. The van der Waals surface area contributed by atoms with Crippen molar-refractivity contribution in [3.8, 4) is 0 Å². The fraction of sp³-hybridized carbons (Fsp3) is 0.0769. The van der Waals surface area contributed by atoms with Gasteiger partial charge in [0.25, 0.3) is 10.1 Å². The van der Waals surface area contributed by atoms with Crippen LogP contribution in [0, 0.1) is 13.0 Å². The molecule has 0 bridgehead atoms. The zero-order chi connectivity index (χ0) is 15.0. The van der Waals surface area contributed by atoms with Gasteiger partial charge in [0.15, 0.2) is 0 Å². The normalized spacial score (nSPS) is 12.3. The lowest BCUT2D eigenvalue weighted by Crippen LogP contribution is -2.10. The Morgan fingerprint density at radius 2 is 1.55 bits per heavy atom. The lowest BCUT2D eigenvalue weighted by Gasteiger charge is -2.10. The maximum Gasteiger partial charge on any atom is 0.296 e. The van der Waals surface area contributed by atoms with E-state index in [9.17, 15) is 16.8 Å². The average Bonchev–Trinajstić information content (AvgIpc) is 2.38. The van der Waals surface area contributed by atoms with Crippen LogP contribution in [0.1, 0.15) is 5.56 Å². The molecule has 20 heavy (non-hydrogen) atoms. The molecule has 5 nitrogen and oxygen atoms in total. The van der Waals surface area contributed by atoms with E-state index in [0.29, 0.717) is 5.56 Å². The largest absolute Gasteiger partial charge is 0.296 e. The van der Waals surface area contributed by atoms with E-state index in [1.165, 1.54) is 18.2 Å². The van der Waals surface area contributed by atoms with Crippen molar-refractivity contribution in [1.82, 2.24) is 0 Å². The van der Waals surface area contributed by atoms with Crippen molar-refractivity contribution in [3.05, 3.63) is 54.1 Å². The van der Waals surface area contributed by atoms with Crippen molar-refractivity contribution < 1.29 is 21.4 Å². The summed E-state index contributed by atoms with van der Waals surface area (Å²) in [5.74, 6) is 0. The van der Waals surface area contributed by atoms with E-state index in [1.807, 2.05) is 0 Å². The molecule has 0 aliphatic carbocycles. The van der Waals surface area contributed by atoms with E-state index in [0.717, 1.165) is 6.07 Å². The molecule has 1 radical (unpaired) electrons. The fourth-order valence-corrected chi connectivity index (χ4v) is 4.53. The summed E-state index contributed by atoms with van der Waals surface area (Å²) in [7, 11) is -8.73. The molecule has 2 rings (SSSR count). The molecule has 7 heteroatoms. The lowest BCUT2D eigenvalue weighted by molar-refractivity contribution is 0.479. The molecule has 0 saturated carbocycles. The lowest BCUT2D eigenvalue weighted by atomic mass is 10.2. The maximum atomic E-state index is 12.5. The molecule has 0 aliphatic rings. The standard InChI is InChI=1S/C13H11O5S2/c1-10-6-2-3-7-11(10)19(14,15)12-8-4-5-9-13(12)20(16,17)18/h2-8H,1H3,(H,16,17,18). The Morgan fingerprint density at radius 3 is 2.15 bits per heavy atom. The van der Waals surface area contributed by atoms with Crippen molar-refractivity contribution in [2.75, 3.05) is 0 Å². The first-order chi connectivity index (χ1) is 9.24. The molecule has 0 amide bonds. The Hall–Kier alpha value is -1.70. The number of hydrogen-bond acceptors (Lipinski definition) is 4. The van der Waals surface area contributed by atoms with Crippen LogP contribution >= 0.6 is 0 Å². The van der Waals surface area contributed by atoms with Crippen LogP contribution in [0.5, 0.6) is 0 Å². The van der Waals surface area contributed by atoms with E-state index >= 15 is 0 Å². The minimum atomic E-state index is -4.67. The minimum absolute atomic E-state index is 0.00972. The summed E-state index contributed by atoms with van der Waals surface area (Å²) in [4.78, 5) is -1.25. The summed E-state index contributed by atoms with van der Waals surface area (Å²) in [6.45, 7) is 1.60. The van der Waals surface area contributed by atoms with Crippen molar-refractivity contribution in [2.24, 2.45) is 0 Å². The van der Waals surface area contributed by atoms with Gasteiger partial charge >= 0.3 is 0 Å². The molecule has 1 N–H and O–H groups in total. The number of benzene rings is 2. The number of rotatable bonds is 3. The molecule has 2 aromatic carbocycles. The van der Waals surface area contributed by atoms with Gasteiger partial charge in [-0.15, -0.1) is 0 Å². The molecule has 0 spiro atoms.